The second-order valence-corrected chi connectivity index (χ2v) is 3.33. The number of hydrogen-bond donors (Lipinski definition) is 0. The van der Waals surface area contributed by atoms with Gasteiger partial charge in [-0.3, -0.25) is 0 Å². The molecule has 0 fully saturated rings. The Hall–Kier alpha value is -1.48. The minimum absolute atomic E-state index is 0.159. The fraction of sp³-hybridized carbons (Fsp3) is 0.100. The van der Waals surface area contributed by atoms with Gasteiger partial charge in [0.25, 0.3) is 0 Å². The molecule has 72 valence electrons. The first-order valence-corrected chi connectivity index (χ1v) is 4.40. The normalized spacial score (nSPS) is 10.6. The van der Waals surface area contributed by atoms with E-state index < -0.39 is 5.97 Å². The second kappa shape index (κ2) is 3.35. The van der Waals surface area contributed by atoms with Gasteiger partial charge in [0.1, 0.15) is 0 Å². The molecular weight excluding hydrogens is 204 g/mol. The Kier molecular flexibility index (Phi) is 2.17. The summed E-state index contributed by atoms with van der Waals surface area (Å²) in [7, 11) is 0. The zero-order valence-electron chi connectivity index (χ0n) is 7.12. The molecule has 1 heterocycles. The van der Waals surface area contributed by atoms with Crippen molar-refractivity contribution < 1.29 is 14.3 Å². The molecule has 0 saturated heterocycles. The molecule has 0 bridgehead atoms. The van der Waals surface area contributed by atoms with Gasteiger partial charge >= 0.3 is 0 Å². The molecule has 0 unspecified atom stereocenters. The molecule has 0 aliphatic carbocycles. The van der Waals surface area contributed by atoms with Gasteiger partial charge in [0.2, 0.25) is 0 Å². The number of fused-ring (bicyclic) bond motifs is 1. The predicted molar refractivity (Wildman–Crippen MR) is 49.9 cm³/mol. The maximum absolute atomic E-state index is 10.4. The monoisotopic (exact) mass is 209 g/mol. The number of benzene rings is 1. The number of carboxylic acid groups (broad SMARTS) is 1. The van der Waals surface area contributed by atoms with Crippen LogP contribution in [0.15, 0.2) is 28.9 Å². The summed E-state index contributed by atoms with van der Waals surface area (Å²) < 4.78 is 5.16. The smallest absolute Gasteiger partial charge is 0.152 e. The molecule has 0 aliphatic rings. The van der Waals surface area contributed by atoms with Crippen LogP contribution in [0.2, 0.25) is 5.02 Å². The minimum Gasteiger partial charge on any atom is -0.550 e. The van der Waals surface area contributed by atoms with Gasteiger partial charge in [0, 0.05) is 23.3 Å². The third-order valence-electron chi connectivity index (χ3n) is 1.97. The number of furan rings is 1. The van der Waals surface area contributed by atoms with Crippen molar-refractivity contribution in [1.29, 1.82) is 0 Å². The van der Waals surface area contributed by atoms with Crippen molar-refractivity contribution in [3.05, 3.63) is 35.0 Å². The lowest BCUT2D eigenvalue weighted by atomic mass is 10.1. The van der Waals surface area contributed by atoms with E-state index in [1.54, 1.807) is 18.2 Å². The summed E-state index contributed by atoms with van der Waals surface area (Å²) in [5.74, 6) is -1.13. The van der Waals surface area contributed by atoms with E-state index in [1.165, 1.54) is 6.26 Å². The van der Waals surface area contributed by atoms with Gasteiger partial charge in [-0.2, -0.15) is 0 Å². The molecular formula is C10H6ClO3-. The molecule has 4 heteroatoms. The van der Waals surface area contributed by atoms with E-state index in [-0.39, 0.29) is 6.42 Å². The maximum Gasteiger partial charge on any atom is 0.152 e. The van der Waals surface area contributed by atoms with E-state index in [2.05, 4.69) is 0 Å². The Morgan fingerprint density at radius 3 is 3.00 bits per heavy atom. The summed E-state index contributed by atoms with van der Waals surface area (Å²) >= 11 is 5.85. The van der Waals surface area contributed by atoms with Crippen molar-refractivity contribution in [3.63, 3.8) is 0 Å². The van der Waals surface area contributed by atoms with Gasteiger partial charge in [-0.1, -0.05) is 23.7 Å². The molecule has 0 aliphatic heterocycles. The third kappa shape index (κ3) is 1.46. The lowest BCUT2D eigenvalue weighted by molar-refractivity contribution is -0.304. The molecule has 2 aromatic rings. The summed E-state index contributed by atoms with van der Waals surface area (Å²) in [6, 6.07) is 5.21. The van der Waals surface area contributed by atoms with E-state index in [9.17, 15) is 9.90 Å². The fourth-order valence-electron chi connectivity index (χ4n) is 1.37. The van der Waals surface area contributed by atoms with Crippen molar-refractivity contribution in [2.24, 2.45) is 0 Å². The number of rotatable bonds is 2. The quantitative estimate of drug-likeness (QED) is 0.751. The average molecular weight is 210 g/mol. The number of carbonyl (C=O) groups excluding carboxylic acids is 1. The molecule has 14 heavy (non-hydrogen) atoms. The van der Waals surface area contributed by atoms with Crippen LogP contribution >= 0.6 is 11.6 Å². The maximum atomic E-state index is 10.4. The first-order chi connectivity index (χ1) is 6.68. The van der Waals surface area contributed by atoms with Crippen molar-refractivity contribution in [3.8, 4) is 0 Å². The van der Waals surface area contributed by atoms with Crippen LogP contribution in [0.4, 0.5) is 0 Å². The highest BCUT2D eigenvalue weighted by Gasteiger charge is 2.07. The fourth-order valence-corrected chi connectivity index (χ4v) is 1.59. The molecule has 0 amide bonds. The van der Waals surface area contributed by atoms with Crippen molar-refractivity contribution in [1.82, 2.24) is 0 Å². The van der Waals surface area contributed by atoms with E-state index in [0.717, 1.165) is 5.39 Å². The first-order valence-electron chi connectivity index (χ1n) is 4.03. The number of halogens is 1. The van der Waals surface area contributed by atoms with Crippen LogP contribution in [0.1, 0.15) is 5.56 Å². The van der Waals surface area contributed by atoms with Crippen LogP contribution in [0, 0.1) is 0 Å². The number of aliphatic carboxylic acids is 1. The minimum atomic E-state index is -1.13. The van der Waals surface area contributed by atoms with E-state index in [0.29, 0.717) is 16.2 Å². The summed E-state index contributed by atoms with van der Waals surface area (Å²) in [6.45, 7) is 0. The number of carbonyl (C=O) groups is 1. The molecule has 2 rings (SSSR count). The van der Waals surface area contributed by atoms with E-state index >= 15 is 0 Å². The van der Waals surface area contributed by atoms with Crippen LogP contribution in [0.25, 0.3) is 11.0 Å². The zero-order chi connectivity index (χ0) is 10.1. The van der Waals surface area contributed by atoms with Crippen molar-refractivity contribution in [2.45, 2.75) is 6.42 Å². The molecule has 3 nitrogen and oxygen atoms in total. The summed E-state index contributed by atoms with van der Waals surface area (Å²) in [6.07, 6.45) is 1.24. The highest BCUT2D eigenvalue weighted by Crippen LogP contribution is 2.27. The van der Waals surface area contributed by atoms with Gasteiger partial charge in [-0.25, -0.2) is 0 Å². The van der Waals surface area contributed by atoms with Crippen molar-refractivity contribution >= 4 is 28.5 Å². The Morgan fingerprint density at radius 1 is 1.50 bits per heavy atom. The van der Waals surface area contributed by atoms with Crippen LogP contribution in [0.5, 0.6) is 0 Å². The molecule has 0 saturated carbocycles. The Morgan fingerprint density at radius 2 is 2.29 bits per heavy atom. The number of carboxylic acids is 1. The zero-order valence-corrected chi connectivity index (χ0v) is 7.88. The highest BCUT2D eigenvalue weighted by molar-refractivity contribution is 6.34. The predicted octanol–water partition coefficient (Wildman–Crippen LogP) is 1.38. The summed E-state index contributed by atoms with van der Waals surface area (Å²) in [5.41, 5.74) is 1.10. The summed E-state index contributed by atoms with van der Waals surface area (Å²) in [5, 5.41) is 11.6. The Bertz CT molecular complexity index is 487. The Balaban J connectivity index is 2.58. The van der Waals surface area contributed by atoms with Crippen molar-refractivity contribution in [2.75, 3.05) is 0 Å². The first kappa shape index (κ1) is 9.09. The van der Waals surface area contributed by atoms with Gasteiger partial charge in [0.05, 0.1) is 11.3 Å². The van der Waals surface area contributed by atoms with Gasteiger partial charge in [0.15, 0.2) is 5.58 Å². The molecule has 1 aromatic carbocycles. The van der Waals surface area contributed by atoms with Crippen LogP contribution in [-0.2, 0) is 11.2 Å². The standard InChI is InChI=1S/C10H7ClO3/c11-8-3-1-2-7-6(4-9(12)13)5-14-10(7)8/h1-3,5H,4H2,(H,12,13)/p-1. The summed E-state index contributed by atoms with van der Waals surface area (Å²) in [4.78, 5) is 10.4. The third-order valence-corrected chi connectivity index (χ3v) is 2.26. The molecule has 0 spiro atoms. The lowest BCUT2D eigenvalue weighted by Gasteiger charge is -1.98. The molecule has 1 aromatic heterocycles. The van der Waals surface area contributed by atoms with E-state index in [4.69, 9.17) is 16.0 Å². The van der Waals surface area contributed by atoms with E-state index in [1.807, 2.05) is 0 Å². The van der Waals surface area contributed by atoms with Gasteiger partial charge in [-0.05, 0) is 6.07 Å². The average Bonchev–Trinajstić information content (AvgIpc) is 2.49. The molecule has 0 N–H and O–H groups in total. The Labute approximate surface area is 84.9 Å². The molecule has 0 radical (unpaired) electrons. The topological polar surface area (TPSA) is 53.3 Å². The van der Waals surface area contributed by atoms with Crippen LogP contribution < -0.4 is 5.11 Å². The van der Waals surface area contributed by atoms with Gasteiger partial charge < -0.3 is 14.3 Å². The SMILES string of the molecule is O=C([O-])Cc1coc2c(Cl)cccc12. The second-order valence-electron chi connectivity index (χ2n) is 2.93. The largest absolute Gasteiger partial charge is 0.550 e. The van der Waals surface area contributed by atoms with Crippen LogP contribution in [-0.4, -0.2) is 5.97 Å². The highest BCUT2D eigenvalue weighted by atomic mass is 35.5. The van der Waals surface area contributed by atoms with Crippen LogP contribution in [0.3, 0.4) is 0 Å². The number of para-hydroxylation sites is 1. The van der Waals surface area contributed by atoms with Gasteiger partial charge in [-0.15, -0.1) is 0 Å². The molecule has 0 atom stereocenters. The number of hydrogen-bond acceptors (Lipinski definition) is 3. The lowest BCUT2D eigenvalue weighted by Crippen LogP contribution is -2.24.